The summed E-state index contributed by atoms with van der Waals surface area (Å²) in [5.74, 6) is 0.253. The van der Waals surface area contributed by atoms with E-state index in [1.54, 1.807) is 36.5 Å². The zero-order valence-electron chi connectivity index (χ0n) is 11.6. The van der Waals surface area contributed by atoms with E-state index in [1.807, 2.05) is 6.07 Å². The topological polar surface area (TPSA) is 92.4 Å². The van der Waals surface area contributed by atoms with E-state index >= 15 is 0 Å². The van der Waals surface area contributed by atoms with Gasteiger partial charge in [0, 0.05) is 37.7 Å². The zero-order valence-corrected chi connectivity index (χ0v) is 11.6. The Balaban J connectivity index is 2.36. The van der Waals surface area contributed by atoms with Crippen LogP contribution in [0.15, 0.2) is 36.8 Å². The molecule has 7 heteroatoms. The van der Waals surface area contributed by atoms with Gasteiger partial charge in [-0.25, -0.2) is 4.98 Å². The highest BCUT2D eigenvalue weighted by Gasteiger charge is 2.21. The van der Waals surface area contributed by atoms with Gasteiger partial charge >= 0.3 is 5.69 Å². The van der Waals surface area contributed by atoms with Crippen molar-refractivity contribution in [2.24, 2.45) is 0 Å². The van der Waals surface area contributed by atoms with Crippen molar-refractivity contribution >= 4 is 11.5 Å². The molecule has 0 unspecified atom stereocenters. The predicted octanol–water partition coefficient (Wildman–Crippen LogP) is 1.69. The van der Waals surface area contributed by atoms with Crippen LogP contribution in [0.5, 0.6) is 0 Å². The van der Waals surface area contributed by atoms with Gasteiger partial charge < -0.3 is 10.0 Å². The third-order valence-electron chi connectivity index (χ3n) is 2.95. The molecule has 0 saturated heterocycles. The van der Waals surface area contributed by atoms with Crippen LogP contribution < -0.4 is 4.90 Å². The summed E-state index contributed by atoms with van der Waals surface area (Å²) >= 11 is 0. The minimum Gasteiger partial charge on any atom is -0.395 e. The second-order valence-electron chi connectivity index (χ2n) is 4.62. The maximum absolute atomic E-state index is 11.2. The Labute approximate surface area is 122 Å². The molecule has 0 spiro atoms. The molecule has 2 heterocycles. The predicted molar refractivity (Wildman–Crippen MR) is 78.0 cm³/mol. The van der Waals surface area contributed by atoms with Crippen LogP contribution in [-0.4, -0.2) is 33.1 Å². The Bertz CT molecular complexity index is 619. The highest BCUT2D eigenvalue weighted by molar-refractivity contribution is 5.58. The summed E-state index contributed by atoms with van der Waals surface area (Å²) in [6, 6.07) is 5.15. The van der Waals surface area contributed by atoms with E-state index in [0.717, 1.165) is 11.1 Å². The number of rotatable bonds is 6. The highest BCUT2D eigenvalue weighted by Crippen LogP contribution is 2.27. The molecule has 0 bridgehead atoms. The Kier molecular flexibility index (Phi) is 4.78. The number of pyridine rings is 2. The maximum Gasteiger partial charge on any atom is 0.311 e. The molecule has 21 heavy (non-hydrogen) atoms. The van der Waals surface area contributed by atoms with Crippen LogP contribution in [0.1, 0.15) is 11.1 Å². The third kappa shape index (κ3) is 3.73. The molecule has 110 valence electrons. The number of hydrogen-bond acceptors (Lipinski definition) is 6. The van der Waals surface area contributed by atoms with Gasteiger partial charge in [-0.2, -0.15) is 0 Å². The first kappa shape index (κ1) is 14.9. The molecular formula is C14H16N4O3. The van der Waals surface area contributed by atoms with Crippen LogP contribution in [0, 0.1) is 17.0 Å². The number of nitrogens with zero attached hydrogens (tertiary/aromatic N) is 4. The summed E-state index contributed by atoms with van der Waals surface area (Å²) in [5, 5.41) is 20.4. The molecule has 7 nitrogen and oxygen atoms in total. The second-order valence-corrected chi connectivity index (χ2v) is 4.62. The van der Waals surface area contributed by atoms with Crippen LogP contribution in [0.25, 0.3) is 0 Å². The fourth-order valence-corrected chi connectivity index (χ4v) is 2.02. The lowest BCUT2D eigenvalue weighted by atomic mass is 10.2. The first-order chi connectivity index (χ1) is 10.1. The summed E-state index contributed by atoms with van der Waals surface area (Å²) in [5.41, 5.74) is 1.55. The average Bonchev–Trinajstić information content (AvgIpc) is 2.48. The number of aliphatic hydroxyl groups is 1. The van der Waals surface area contributed by atoms with E-state index in [1.165, 1.54) is 6.07 Å². The van der Waals surface area contributed by atoms with E-state index in [4.69, 9.17) is 0 Å². The van der Waals surface area contributed by atoms with Gasteiger partial charge in [0.2, 0.25) is 5.82 Å². The Hall–Kier alpha value is -2.54. The SMILES string of the molecule is Cc1cnc(N(CCO)Cc2cccnc2)c([N+](=O)[O-])c1. The smallest absolute Gasteiger partial charge is 0.311 e. The number of hydrogen-bond donors (Lipinski definition) is 1. The molecule has 1 N–H and O–H groups in total. The van der Waals surface area contributed by atoms with Gasteiger partial charge in [0.25, 0.3) is 0 Å². The van der Waals surface area contributed by atoms with Gasteiger partial charge in [0.05, 0.1) is 11.5 Å². The first-order valence-electron chi connectivity index (χ1n) is 6.47. The van der Waals surface area contributed by atoms with Crippen molar-refractivity contribution in [3.63, 3.8) is 0 Å². The summed E-state index contributed by atoms with van der Waals surface area (Å²) in [6.07, 6.45) is 4.92. The molecule has 0 aliphatic rings. The van der Waals surface area contributed by atoms with Gasteiger partial charge in [0.1, 0.15) is 0 Å². The standard InChI is InChI=1S/C14H16N4O3/c1-11-7-13(18(20)21)14(16-8-11)17(5-6-19)10-12-3-2-4-15-9-12/h2-4,7-9,19H,5-6,10H2,1H3. The molecule has 0 aliphatic carbocycles. The Morgan fingerprint density at radius 1 is 1.43 bits per heavy atom. The largest absolute Gasteiger partial charge is 0.395 e. The van der Waals surface area contributed by atoms with Crippen molar-refractivity contribution in [3.05, 3.63) is 58.0 Å². The van der Waals surface area contributed by atoms with Gasteiger partial charge in [0.15, 0.2) is 0 Å². The Morgan fingerprint density at radius 3 is 2.86 bits per heavy atom. The number of aliphatic hydroxyl groups excluding tert-OH is 1. The number of anilines is 1. The van der Waals surface area contributed by atoms with Gasteiger partial charge in [-0.15, -0.1) is 0 Å². The molecule has 0 amide bonds. The van der Waals surface area contributed by atoms with Crippen molar-refractivity contribution in [2.45, 2.75) is 13.5 Å². The minimum absolute atomic E-state index is 0.0626. The van der Waals surface area contributed by atoms with Crippen molar-refractivity contribution < 1.29 is 10.0 Å². The van der Waals surface area contributed by atoms with Crippen LogP contribution in [0.4, 0.5) is 11.5 Å². The van der Waals surface area contributed by atoms with Gasteiger partial charge in [-0.1, -0.05) is 6.07 Å². The molecule has 0 saturated carbocycles. The Morgan fingerprint density at radius 2 is 2.24 bits per heavy atom. The average molecular weight is 288 g/mol. The van der Waals surface area contributed by atoms with Crippen LogP contribution in [0.3, 0.4) is 0 Å². The molecule has 2 aromatic heterocycles. The van der Waals surface area contributed by atoms with E-state index in [2.05, 4.69) is 9.97 Å². The van der Waals surface area contributed by atoms with Crippen molar-refractivity contribution in [1.29, 1.82) is 0 Å². The second kappa shape index (κ2) is 6.76. The monoisotopic (exact) mass is 288 g/mol. The van der Waals surface area contributed by atoms with Crippen LogP contribution in [-0.2, 0) is 6.54 Å². The number of aromatic nitrogens is 2. The lowest BCUT2D eigenvalue weighted by molar-refractivity contribution is -0.384. The quantitative estimate of drug-likeness (QED) is 0.642. The summed E-state index contributed by atoms with van der Waals surface area (Å²) in [7, 11) is 0. The fraction of sp³-hybridized carbons (Fsp3) is 0.286. The molecule has 0 aliphatic heterocycles. The summed E-state index contributed by atoms with van der Waals surface area (Å²) in [6.45, 7) is 2.28. The van der Waals surface area contributed by atoms with E-state index in [9.17, 15) is 15.2 Å². The third-order valence-corrected chi connectivity index (χ3v) is 2.95. The molecule has 0 atom stereocenters. The molecule has 0 aromatic carbocycles. The molecular weight excluding hydrogens is 272 g/mol. The highest BCUT2D eigenvalue weighted by atomic mass is 16.6. The lowest BCUT2D eigenvalue weighted by Crippen LogP contribution is -2.27. The maximum atomic E-state index is 11.2. The summed E-state index contributed by atoms with van der Waals surface area (Å²) < 4.78 is 0. The normalized spacial score (nSPS) is 10.4. The number of aryl methyl sites for hydroxylation is 1. The fourth-order valence-electron chi connectivity index (χ4n) is 2.02. The minimum atomic E-state index is -0.455. The van der Waals surface area contributed by atoms with E-state index in [0.29, 0.717) is 6.54 Å². The van der Waals surface area contributed by atoms with Crippen molar-refractivity contribution in [2.75, 3.05) is 18.1 Å². The molecule has 2 rings (SSSR count). The summed E-state index contributed by atoms with van der Waals surface area (Å²) in [4.78, 5) is 20.6. The van der Waals surface area contributed by atoms with Crippen molar-refractivity contribution in [3.8, 4) is 0 Å². The first-order valence-corrected chi connectivity index (χ1v) is 6.47. The lowest BCUT2D eigenvalue weighted by Gasteiger charge is -2.22. The molecule has 0 fully saturated rings. The van der Waals surface area contributed by atoms with Gasteiger partial charge in [-0.3, -0.25) is 15.1 Å². The molecule has 2 aromatic rings. The van der Waals surface area contributed by atoms with Crippen LogP contribution >= 0.6 is 0 Å². The van der Waals surface area contributed by atoms with Gasteiger partial charge in [-0.05, 0) is 24.1 Å². The van der Waals surface area contributed by atoms with E-state index < -0.39 is 4.92 Å². The zero-order chi connectivity index (χ0) is 15.2. The van der Waals surface area contributed by atoms with Crippen molar-refractivity contribution in [1.82, 2.24) is 9.97 Å². The van der Waals surface area contributed by atoms with Crippen LogP contribution in [0.2, 0.25) is 0 Å². The van der Waals surface area contributed by atoms with E-state index in [-0.39, 0.29) is 24.7 Å². The molecule has 0 radical (unpaired) electrons. The number of nitro groups is 1.